The second kappa shape index (κ2) is 8.17. The number of anilines is 1. The minimum atomic E-state index is -0.712. The number of Topliss-reactive ketones (excluding diaryl/α,β-unsaturated/α-hetero) is 1. The SMILES string of the molecule is CCOC(=O)C(NC(=O)Nc1ccc(C(C)=O)cc1)C(C)C. The summed E-state index contributed by atoms with van der Waals surface area (Å²) in [5, 5.41) is 5.22. The first-order valence-corrected chi connectivity index (χ1v) is 7.20. The Hall–Kier alpha value is -2.37. The summed E-state index contributed by atoms with van der Waals surface area (Å²) in [6.07, 6.45) is 0. The van der Waals surface area contributed by atoms with E-state index in [2.05, 4.69) is 10.6 Å². The highest BCUT2D eigenvalue weighted by Crippen LogP contribution is 2.10. The first-order valence-electron chi connectivity index (χ1n) is 7.20. The molecule has 6 nitrogen and oxygen atoms in total. The van der Waals surface area contributed by atoms with Crippen LogP contribution in [0.4, 0.5) is 10.5 Å². The summed E-state index contributed by atoms with van der Waals surface area (Å²) >= 11 is 0. The van der Waals surface area contributed by atoms with Gasteiger partial charge in [-0.15, -0.1) is 0 Å². The molecule has 0 bridgehead atoms. The maximum atomic E-state index is 12.0. The molecule has 1 atom stereocenters. The third-order valence-corrected chi connectivity index (χ3v) is 3.04. The van der Waals surface area contributed by atoms with Crippen LogP contribution in [-0.2, 0) is 9.53 Å². The fourth-order valence-electron chi connectivity index (χ4n) is 1.83. The van der Waals surface area contributed by atoms with E-state index in [1.807, 2.05) is 13.8 Å². The lowest BCUT2D eigenvalue weighted by atomic mass is 10.1. The molecule has 120 valence electrons. The highest BCUT2D eigenvalue weighted by molar-refractivity contribution is 5.96. The molecule has 0 radical (unpaired) electrons. The van der Waals surface area contributed by atoms with E-state index in [4.69, 9.17) is 4.74 Å². The normalized spacial score (nSPS) is 11.7. The molecule has 1 rings (SSSR count). The minimum Gasteiger partial charge on any atom is -0.464 e. The van der Waals surface area contributed by atoms with Crippen LogP contribution < -0.4 is 10.6 Å². The summed E-state index contributed by atoms with van der Waals surface area (Å²) in [7, 11) is 0. The number of carbonyl (C=O) groups excluding carboxylic acids is 3. The summed E-state index contributed by atoms with van der Waals surface area (Å²) in [4.78, 5) is 34.9. The first-order chi connectivity index (χ1) is 10.3. The van der Waals surface area contributed by atoms with E-state index in [9.17, 15) is 14.4 Å². The van der Waals surface area contributed by atoms with E-state index >= 15 is 0 Å². The largest absolute Gasteiger partial charge is 0.464 e. The lowest BCUT2D eigenvalue weighted by Gasteiger charge is -2.20. The van der Waals surface area contributed by atoms with Crippen molar-refractivity contribution in [3.05, 3.63) is 29.8 Å². The summed E-state index contributed by atoms with van der Waals surface area (Å²) in [6, 6.07) is 5.31. The minimum absolute atomic E-state index is 0.0433. The molecule has 2 amide bonds. The van der Waals surface area contributed by atoms with Crippen molar-refractivity contribution < 1.29 is 19.1 Å². The van der Waals surface area contributed by atoms with Crippen LogP contribution >= 0.6 is 0 Å². The van der Waals surface area contributed by atoms with Gasteiger partial charge in [0, 0.05) is 11.3 Å². The number of benzene rings is 1. The molecule has 0 aliphatic rings. The average Bonchev–Trinajstić information content (AvgIpc) is 2.45. The van der Waals surface area contributed by atoms with Crippen LogP contribution in [0.3, 0.4) is 0 Å². The summed E-state index contributed by atoms with van der Waals surface area (Å²) in [5.74, 6) is -0.595. The molecular weight excluding hydrogens is 284 g/mol. The zero-order valence-corrected chi connectivity index (χ0v) is 13.3. The van der Waals surface area contributed by atoms with Gasteiger partial charge >= 0.3 is 12.0 Å². The smallest absolute Gasteiger partial charge is 0.328 e. The molecule has 6 heteroatoms. The van der Waals surface area contributed by atoms with Crippen molar-refractivity contribution in [2.75, 3.05) is 11.9 Å². The van der Waals surface area contributed by atoms with Crippen LogP contribution in [0.1, 0.15) is 38.1 Å². The van der Waals surface area contributed by atoms with Gasteiger partial charge in [0.15, 0.2) is 5.78 Å². The Labute approximate surface area is 130 Å². The van der Waals surface area contributed by atoms with Crippen molar-refractivity contribution in [1.82, 2.24) is 5.32 Å². The van der Waals surface area contributed by atoms with Crippen molar-refractivity contribution in [1.29, 1.82) is 0 Å². The van der Waals surface area contributed by atoms with Crippen LogP contribution in [0.15, 0.2) is 24.3 Å². The molecule has 0 aliphatic heterocycles. The number of hydrogen-bond acceptors (Lipinski definition) is 4. The topological polar surface area (TPSA) is 84.5 Å². The number of carbonyl (C=O) groups is 3. The maximum Gasteiger partial charge on any atom is 0.328 e. The number of nitrogens with one attached hydrogen (secondary N) is 2. The van der Waals surface area contributed by atoms with Crippen molar-refractivity contribution in [2.45, 2.75) is 33.7 Å². The lowest BCUT2D eigenvalue weighted by Crippen LogP contribution is -2.47. The summed E-state index contributed by atoms with van der Waals surface area (Å²) in [6.45, 7) is 7.10. The molecule has 0 aromatic heterocycles. The quantitative estimate of drug-likeness (QED) is 0.625. The van der Waals surface area contributed by atoms with Crippen molar-refractivity contribution >= 4 is 23.5 Å². The van der Waals surface area contributed by atoms with Gasteiger partial charge < -0.3 is 15.4 Å². The predicted molar refractivity (Wildman–Crippen MR) is 83.9 cm³/mol. The Bertz CT molecular complexity index is 538. The van der Waals surface area contributed by atoms with Gasteiger partial charge in [0.2, 0.25) is 0 Å². The molecule has 1 aromatic rings. The van der Waals surface area contributed by atoms with Crippen molar-refractivity contribution in [3.63, 3.8) is 0 Å². The van der Waals surface area contributed by atoms with Gasteiger partial charge in [-0.1, -0.05) is 13.8 Å². The second-order valence-electron chi connectivity index (χ2n) is 5.21. The Kier molecular flexibility index (Phi) is 6.56. The van der Waals surface area contributed by atoms with E-state index < -0.39 is 18.0 Å². The van der Waals surface area contributed by atoms with Crippen LogP contribution in [0.2, 0.25) is 0 Å². The number of esters is 1. The highest BCUT2D eigenvalue weighted by atomic mass is 16.5. The molecule has 0 saturated carbocycles. The molecule has 1 unspecified atom stereocenters. The monoisotopic (exact) mass is 306 g/mol. The number of hydrogen-bond donors (Lipinski definition) is 2. The highest BCUT2D eigenvalue weighted by Gasteiger charge is 2.25. The molecule has 0 spiro atoms. The van der Waals surface area contributed by atoms with Gasteiger partial charge in [0.25, 0.3) is 0 Å². The van der Waals surface area contributed by atoms with Gasteiger partial charge in [-0.05, 0) is 44.0 Å². The molecule has 1 aromatic carbocycles. The Morgan fingerprint density at radius 3 is 2.18 bits per heavy atom. The van der Waals surface area contributed by atoms with Crippen molar-refractivity contribution in [2.24, 2.45) is 5.92 Å². The zero-order chi connectivity index (χ0) is 16.7. The summed E-state index contributed by atoms with van der Waals surface area (Å²) in [5.41, 5.74) is 1.10. The number of urea groups is 1. The molecular formula is C16H22N2O4. The molecule has 0 aliphatic carbocycles. The number of rotatable bonds is 6. The van der Waals surface area contributed by atoms with E-state index in [1.165, 1.54) is 6.92 Å². The first kappa shape index (κ1) is 17.7. The second-order valence-corrected chi connectivity index (χ2v) is 5.21. The van der Waals surface area contributed by atoms with E-state index in [0.717, 1.165) is 0 Å². The standard InChI is InChI=1S/C16H22N2O4/c1-5-22-15(20)14(10(2)3)18-16(21)17-13-8-6-12(7-9-13)11(4)19/h6-10,14H,5H2,1-4H3,(H2,17,18,21). The number of ether oxygens (including phenoxy) is 1. The van der Waals surface area contributed by atoms with Crippen LogP contribution in [0.25, 0.3) is 0 Å². The van der Waals surface area contributed by atoms with Crippen LogP contribution in [-0.4, -0.2) is 30.4 Å². The Morgan fingerprint density at radius 2 is 1.73 bits per heavy atom. The lowest BCUT2D eigenvalue weighted by molar-refractivity contribution is -0.146. The molecule has 0 heterocycles. The van der Waals surface area contributed by atoms with Crippen LogP contribution in [0, 0.1) is 5.92 Å². The van der Waals surface area contributed by atoms with E-state index in [1.54, 1.807) is 31.2 Å². The van der Waals surface area contributed by atoms with Gasteiger partial charge in [-0.25, -0.2) is 9.59 Å². The third-order valence-electron chi connectivity index (χ3n) is 3.04. The molecule has 2 N–H and O–H groups in total. The summed E-state index contributed by atoms with van der Waals surface area (Å²) < 4.78 is 4.94. The Balaban J connectivity index is 2.67. The van der Waals surface area contributed by atoms with Crippen molar-refractivity contribution in [3.8, 4) is 0 Å². The van der Waals surface area contributed by atoms with E-state index in [0.29, 0.717) is 11.3 Å². The predicted octanol–water partition coefficient (Wildman–Crippen LogP) is 2.60. The fraction of sp³-hybridized carbons (Fsp3) is 0.438. The average molecular weight is 306 g/mol. The van der Waals surface area contributed by atoms with Gasteiger partial charge in [-0.2, -0.15) is 0 Å². The zero-order valence-electron chi connectivity index (χ0n) is 13.3. The molecule has 0 fully saturated rings. The number of amides is 2. The van der Waals surface area contributed by atoms with E-state index in [-0.39, 0.29) is 18.3 Å². The third kappa shape index (κ3) is 5.20. The molecule has 22 heavy (non-hydrogen) atoms. The maximum absolute atomic E-state index is 12.0. The fourth-order valence-corrected chi connectivity index (χ4v) is 1.83. The number of ketones is 1. The van der Waals surface area contributed by atoms with Crippen LogP contribution in [0.5, 0.6) is 0 Å². The van der Waals surface area contributed by atoms with Gasteiger partial charge in [-0.3, -0.25) is 4.79 Å². The van der Waals surface area contributed by atoms with Gasteiger partial charge in [0.05, 0.1) is 6.61 Å². The van der Waals surface area contributed by atoms with Gasteiger partial charge in [0.1, 0.15) is 6.04 Å². The molecule has 0 saturated heterocycles. The Morgan fingerprint density at radius 1 is 1.14 bits per heavy atom.